The molecule has 1 aromatic carbocycles. The molecule has 8 nitrogen and oxygen atoms in total. The highest BCUT2D eigenvalue weighted by Gasteiger charge is 2.24. The topological polar surface area (TPSA) is 118 Å². The Bertz CT molecular complexity index is 1520. The van der Waals surface area contributed by atoms with Gasteiger partial charge in [-0.3, -0.25) is 9.20 Å². The van der Waals surface area contributed by atoms with Gasteiger partial charge in [-0.25, -0.2) is 9.97 Å². The summed E-state index contributed by atoms with van der Waals surface area (Å²) >= 11 is 3.05. The molecule has 4 aromatic heterocycles. The minimum absolute atomic E-state index is 0.108. The van der Waals surface area contributed by atoms with Crippen molar-refractivity contribution in [3.8, 4) is 11.3 Å². The van der Waals surface area contributed by atoms with Crippen LogP contribution in [0.5, 0.6) is 0 Å². The number of nitrogens with one attached hydrogen (secondary N) is 2. The Labute approximate surface area is 223 Å². The van der Waals surface area contributed by atoms with Gasteiger partial charge in [-0.2, -0.15) is 11.3 Å². The van der Waals surface area contributed by atoms with Crippen LogP contribution in [0.4, 0.5) is 5.13 Å². The van der Waals surface area contributed by atoms with Crippen LogP contribution in [-0.2, 0) is 13.1 Å². The minimum Gasteiger partial charge on any atom is -0.394 e. The van der Waals surface area contributed by atoms with Gasteiger partial charge in [0.1, 0.15) is 17.0 Å². The van der Waals surface area contributed by atoms with Gasteiger partial charge < -0.3 is 21.5 Å². The maximum absolute atomic E-state index is 13.5. The van der Waals surface area contributed by atoms with Gasteiger partial charge in [0.2, 0.25) is 0 Å². The van der Waals surface area contributed by atoms with Gasteiger partial charge in [0.25, 0.3) is 5.91 Å². The number of thiophene rings is 1. The van der Waals surface area contributed by atoms with E-state index in [0.29, 0.717) is 41.9 Å². The lowest BCUT2D eigenvalue weighted by Crippen LogP contribution is -2.39. The summed E-state index contributed by atoms with van der Waals surface area (Å²) in [7, 11) is 0. The molecular formula is C27H30N6O2S2. The third-order valence-electron chi connectivity index (χ3n) is 6.17. The Morgan fingerprint density at radius 2 is 2.05 bits per heavy atom. The van der Waals surface area contributed by atoms with Gasteiger partial charge in [0.15, 0.2) is 5.13 Å². The number of pyridine rings is 1. The number of carbonyl (C=O) groups is 1. The van der Waals surface area contributed by atoms with E-state index in [1.807, 2.05) is 45.6 Å². The van der Waals surface area contributed by atoms with Crippen LogP contribution in [0.15, 0.2) is 53.4 Å². The van der Waals surface area contributed by atoms with Crippen molar-refractivity contribution in [1.82, 2.24) is 25.0 Å². The second kappa shape index (κ2) is 11.0. The highest BCUT2D eigenvalue weighted by atomic mass is 32.1. The third-order valence-corrected chi connectivity index (χ3v) is 7.70. The quantitative estimate of drug-likeness (QED) is 0.207. The van der Waals surface area contributed by atoms with Crippen LogP contribution in [0.25, 0.3) is 27.1 Å². The summed E-state index contributed by atoms with van der Waals surface area (Å²) in [4.78, 5) is 22.7. The molecule has 0 saturated heterocycles. The molecule has 4 heterocycles. The zero-order valence-electron chi connectivity index (χ0n) is 20.8. The Morgan fingerprint density at radius 3 is 2.81 bits per heavy atom. The number of aliphatic hydroxyl groups is 1. The number of nitrogens with zero attached hydrogens (tertiary/aromatic N) is 3. The standard InChI is InChI=1S/C27H30N6O2S2/c1-16(2)10-20(14-34)30-26(35)24-23(19-7-9-36-15-19)32-25-18(4-3-8-33(24)25)13-29-12-17-5-6-21-22(11-17)37-27(28)31-21/h3-9,11,15-16,20,29,34H,10,12-14H2,1-2H3,(H2,28,31)(H,30,35)/t20-/m0/s1. The summed E-state index contributed by atoms with van der Waals surface area (Å²) in [6.07, 6.45) is 2.57. The number of nitrogen functional groups attached to an aromatic ring is 1. The number of hydrogen-bond donors (Lipinski definition) is 4. The molecule has 5 aromatic rings. The number of thiazole rings is 1. The van der Waals surface area contributed by atoms with E-state index in [2.05, 4.69) is 41.6 Å². The van der Waals surface area contributed by atoms with Gasteiger partial charge in [-0.1, -0.05) is 37.3 Å². The molecule has 192 valence electrons. The van der Waals surface area contributed by atoms with E-state index < -0.39 is 0 Å². The molecule has 1 amide bonds. The highest BCUT2D eigenvalue weighted by molar-refractivity contribution is 7.22. The third kappa shape index (κ3) is 5.52. The molecule has 0 unspecified atom stereocenters. The van der Waals surface area contributed by atoms with E-state index in [9.17, 15) is 9.90 Å². The molecule has 0 radical (unpaired) electrons. The van der Waals surface area contributed by atoms with Gasteiger partial charge in [-0.15, -0.1) is 0 Å². The van der Waals surface area contributed by atoms with Gasteiger partial charge in [0, 0.05) is 35.8 Å². The van der Waals surface area contributed by atoms with Crippen molar-refractivity contribution < 1.29 is 9.90 Å². The molecule has 1 atom stereocenters. The monoisotopic (exact) mass is 534 g/mol. The molecule has 0 aliphatic rings. The average Bonchev–Trinajstić information content (AvgIpc) is 3.60. The predicted molar refractivity (Wildman–Crippen MR) is 151 cm³/mol. The fraction of sp³-hybridized carbons (Fsp3) is 0.296. The lowest BCUT2D eigenvalue weighted by atomic mass is 10.0. The number of hydrogen-bond acceptors (Lipinski definition) is 8. The van der Waals surface area contributed by atoms with E-state index in [-0.39, 0.29) is 18.6 Å². The van der Waals surface area contributed by atoms with E-state index in [1.54, 1.807) is 11.3 Å². The lowest BCUT2D eigenvalue weighted by Gasteiger charge is -2.18. The Balaban J connectivity index is 1.42. The van der Waals surface area contributed by atoms with Crippen LogP contribution in [0, 0.1) is 5.92 Å². The summed E-state index contributed by atoms with van der Waals surface area (Å²) in [6, 6.07) is 11.8. The second-order valence-electron chi connectivity index (χ2n) is 9.49. The van der Waals surface area contributed by atoms with Gasteiger partial charge in [0.05, 0.1) is 22.9 Å². The second-order valence-corrected chi connectivity index (χ2v) is 11.3. The fourth-order valence-electron chi connectivity index (χ4n) is 4.52. The number of carbonyl (C=O) groups excluding carboxylic acids is 1. The lowest BCUT2D eigenvalue weighted by molar-refractivity contribution is 0.0903. The van der Waals surface area contributed by atoms with E-state index in [0.717, 1.165) is 32.6 Å². The first-order valence-electron chi connectivity index (χ1n) is 12.2. The van der Waals surface area contributed by atoms with Crippen LogP contribution < -0.4 is 16.4 Å². The van der Waals surface area contributed by atoms with Crippen molar-refractivity contribution >= 4 is 49.6 Å². The maximum atomic E-state index is 13.5. The molecule has 0 fully saturated rings. The van der Waals surface area contributed by atoms with Crippen molar-refractivity contribution in [2.45, 2.75) is 39.4 Å². The van der Waals surface area contributed by atoms with Gasteiger partial charge in [-0.05, 0) is 47.5 Å². The predicted octanol–water partition coefficient (Wildman–Crippen LogP) is 4.68. The van der Waals surface area contributed by atoms with Crippen molar-refractivity contribution in [2.75, 3.05) is 12.3 Å². The Hall–Kier alpha value is -3.31. The Morgan fingerprint density at radius 1 is 1.19 bits per heavy atom. The van der Waals surface area contributed by atoms with Crippen molar-refractivity contribution in [1.29, 1.82) is 0 Å². The van der Waals surface area contributed by atoms with E-state index in [4.69, 9.17) is 10.7 Å². The normalized spacial score (nSPS) is 12.5. The minimum atomic E-state index is -0.315. The van der Waals surface area contributed by atoms with Gasteiger partial charge >= 0.3 is 0 Å². The van der Waals surface area contributed by atoms with Crippen LogP contribution in [0.3, 0.4) is 0 Å². The molecule has 0 aliphatic carbocycles. The van der Waals surface area contributed by atoms with Crippen LogP contribution >= 0.6 is 22.7 Å². The summed E-state index contributed by atoms with van der Waals surface area (Å²) in [5.41, 5.74) is 11.6. The first kappa shape index (κ1) is 25.3. The van der Waals surface area contributed by atoms with Crippen molar-refractivity contribution in [3.05, 3.63) is 70.2 Å². The smallest absolute Gasteiger partial charge is 0.270 e. The highest BCUT2D eigenvalue weighted by Crippen LogP contribution is 2.28. The van der Waals surface area contributed by atoms with Crippen LogP contribution in [-0.4, -0.2) is 38.0 Å². The summed E-state index contributed by atoms with van der Waals surface area (Å²) < 4.78 is 2.93. The van der Waals surface area contributed by atoms with Crippen molar-refractivity contribution in [2.24, 2.45) is 5.92 Å². The summed E-state index contributed by atoms with van der Waals surface area (Å²) in [5, 5.41) is 20.9. The van der Waals surface area contributed by atoms with E-state index in [1.165, 1.54) is 11.3 Å². The van der Waals surface area contributed by atoms with Crippen molar-refractivity contribution in [3.63, 3.8) is 0 Å². The zero-order chi connectivity index (χ0) is 25.9. The maximum Gasteiger partial charge on any atom is 0.270 e. The van der Waals surface area contributed by atoms with E-state index >= 15 is 0 Å². The number of nitrogens with two attached hydrogens (primary N) is 1. The first-order valence-corrected chi connectivity index (χ1v) is 14.0. The number of imidazole rings is 1. The molecule has 37 heavy (non-hydrogen) atoms. The number of rotatable bonds is 10. The average molecular weight is 535 g/mol. The fourth-order valence-corrected chi connectivity index (χ4v) is 5.96. The molecule has 10 heteroatoms. The SMILES string of the molecule is CC(C)C[C@@H](CO)NC(=O)c1c(-c2ccsc2)nc2c(CNCc3ccc4nc(N)sc4c3)cccn12. The zero-order valence-corrected chi connectivity index (χ0v) is 22.4. The number of benzene rings is 1. The largest absolute Gasteiger partial charge is 0.394 e. The Kier molecular flexibility index (Phi) is 7.52. The number of aromatic nitrogens is 3. The number of anilines is 1. The molecule has 5 N–H and O–H groups in total. The number of amides is 1. The van der Waals surface area contributed by atoms with Crippen LogP contribution in [0.2, 0.25) is 0 Å². The summed E-state index contributed by atoms with van der Waals surface area (Å²) in [5.74, 6) is 0.110. The number of fused-ring (bicyclic) bond motifs is 2. The molecule has 0 bridgehead atoms. The first-order chi connectivity index (χ1) is 17.9. The molecule has 0 aliphatic heterocycles. The molecular weight excluding hydrogens is 504 g/mol. The summed E-state index contributed by atoms with van der Waals surface area (Å²) in [6.45, 7) is 5.30. The van der Waals surface area contributed by atoms with Crippen LogP contribution in [0.1, 0.15) is 41.9 Å². The number of aliphatic hydroxyl groups excluding tert-OH is 1. The molecule has 5 rings (SSSR count). The molecule has 0 saturated carbocycles. The molecule has 0 spiro atoms.